The third-order valence-corrected chi connectivity index (χ3v) is 11.9. The molecule has 12 heteroatoms. The molecule has 12 nitrogen and oxygen atoms in total. The van der Waals surface area contributed by atoms with Crippen LogP contribution in [-0.4, -0.2) is 80.8 Å². The van der Waals surface area contributed by atoms with Crippen LogP contribution in [0, 0.1) is 42.4 Å². The largest absolute Gasteiger partial charge is 0.469 e. The Hall–Kier alpha value is -6.92. The molecule has 2 aliphatic rings. The number of ether oxygens (including phenoxy) is 2. The molecule has 3 aromatic carbocycles. The number of hydrogen-bond donors (Lipinski definition) is 2. The molecule has 2 N–H and O–H groups in total. The molecule has 2 aromatic heterocycles. The van der Waals surface area contributed by atoms with Gasteiger partial charge in [0.05, 0.1) is 69.1 Å². The highest BCUT2D eigenvalue weighted by Crippen LogP contribution is 2.37. The molecule has 62 heavy (non-hydrogen) atoms. The van der Waals surface area contributed by atoms with Gasteiger partial charge in [-0.25, -0.2) is 9.97 Å². The van der Waals surface area contributed by atoms with Gasteiger partial charge in [-0.1, -0.05) is 80.4 Å². The van der Waals surface area contributed by atoms with E-state index >= 15 is 0 Å². The highest BCUT2D eigenvalue weighted by molar-refractivity contribution is 5.89. The van der Waals surface area contributed by atoms with Crippen LogP contribution in [0.15, 0.2) is 85.2 Å². The van der Waals surface area contributed by atoms with E-state index in [4.69, 9.17) is 14.5 Å². The van der Waals surface area contributed by atoms with Crippen LogP contribution in [0.1, 0.15) is 104 Å². The number of imidazole rings is 2. The van der Waals surface area contributed by atoms with Crippen molar-refractivity contribution in [2.45, 2.75) is 77.3 Å². The first kappa shape index (κ1) is 43.2. The fourth-order valence-corrected chi connectivity index (χ4v) is 8.57. The lowest BCUT2D eigenvalue weighted by atomic mass is 9.90. The van der Waals surface area contributed by atoms with Crippen LogP contribution in [0.3, 0.4) is 0 Å². The second-order valence-corrected chi connectivity index (χ2v) is 16.2. The van der Waals surface area contributed by atoms with Crippen molar-refractivity contribution in [1.29, 1.82) is 0 Å². The van der Waals surface area contributed by atoms with E-state index in [1.807, 2.05) is 80.4 Å². The van der Waals surface area contributed by atoms with Crippen molar-refractivity contribution in [1.82, 2.24) is 29.7 Å². The van der Waals surface area contributed by atoms with E-state index in [1.165, 1.54) is 14.2 Å². The highest BCUT2D eigenvalue weighted by atomic mass is 16.5. The number of aromatic amines is 2. The van der Waals surface area contributed by atoms with Gasteiger partial charge in [-0.15, -0.1) is 0 Å². The smallest absolute Gasteiger partial charge is 0.306 e. The minimum atomic E-state index is -0.659. The van der Waals surface area contributed by atoms with Gasteiger partial charge in [0, 0.05) is 24.2 Å². The Morgan fingerprint density at radius 1 is 0.742 bits per heavy atom. The van der Waals surface area contributed by atoms with E-state index in [0.29, 0.717) is 30.4 Å². The first-order valence-corrected chi connectivity index (χ1v) is 21.2. The van der Waals surface area contributed by atoms with Crippen LogP contribution < -0.4 is 0 Å². The number of aryl methyl sites for hydroxylation is 1. The second kappa shape index (κ2) is 19.6. The first-order chi connectivity index (χ1) is 30.1. The fraction of sp³-hybridized carbons (Fsp3) is 0.360. The molecule has 4 atom stereocenters. The molecule has 2 saturated heterocycles. The van der Waals surface area contributed by atoms with Gasteiger partial charge >= 0.3 is 11.9 Å². The molecule has 7 rings (SSSR count). The topological polar surface area (TPSA) is 151 Å². The van der Waals surface area contributed by atoms with Gasteiger partial charge in [0.25, 0.3) is 0 Å². The molecule has 2 aliphatic heterocycles. The minimum Gasteiger partial charge on any atom is -0.469 e. The summed E-state index contributed by atoms with van der Waals surface area (Å²) in [5.41, 5.74) is 6.86. The summed E-state index contributed by atoms with van der Waals surface area (Å²) in [4.78, 5) is 72.1. The number of nitrogens with one attached hydrogen (secondary N) is 2. The Kier molecular flexibility index (Phi) is 13.7. The van der Waals surface area contributed by atoms with Gasteiger partial charge in [-0.3, -0.25) is 19.2 Å². The normalized spacial score (nSPS) is 16.8. The van der Waals surface area contributed by atoms with Gasteiger partial charge in [0.1, 0.15) is 17.3 Å². The number of H-pyrrole nitrogens is 2. The maximum absolute atomic E-state index is 14.0. The summed E-state index contributed by atoms with van der Waals surface area (Å²) in [6.45, 7) is 7.11. The van der Waals surface area contributed by atoms with Crippen LogP contribution in [0.2, 0.25) is 0 Å². The third kappa shape index (κ3) is 9.66. The molecule has 0 spiro atoms. The summed E-state index contributed by atoms with van der Waals surface area (Å²) in [6, 6.07) is 23.1. The maximum atomic E-state index is 14.0. The zero-order valence-corrected chi connectivity index (χ0v) is 35.9. The van der Waals surface area contributed by atoms with Crippen molar-refractivity contribution in [3.63, 3.8) is 0 Å². The number of nitrogens with zero attached hydrogens (tertiary/aromatic N) is 4. The lowest BCUT2D eigenvalue weighted by Crippen LogP contribution is -2.39. The van der Waals surface area contributed by atoms with Crippen LogP contribution in [0.4, 0.5) is 0 Å². The number of likely N-dealkylation sites (tertiary alicyclic amines) is 2. The van der Waals surface area contributed by atoms with Gasteiger partial charge in [-0.05, 0) is 90.7 Å². The summed E-state index contributed by atoms with van der Waals surface area (Å²) in [7, 11) is 2.68. The van der Waals surface area contributed by atoms with E-state index in [-0.39, 0.29) is 48.6 Å². The van der Waals surface area contributed by atoms with E-state index in [0.717, 1.165) is 64.8 Å². The van der Waals surface area contributed by atoms with Gasteiger partial charge in [0.15, 0.2) is 0 Å². The number of aromatic nitrogens is 4. The molecule has 2 fully saturated rings. The molecule has 0 aliphatic carbocycles. The maximum Gasteiger partial charge on any atom is 0.306 e. The van der Waals surface area contributed by atoms with E-state index < -0.39 is 17.8 Å². The fourth-order valence-electron chi connectivity index (χ4n) is 8.57. The lowest BCUT2D eigenvalue weighted by Gasteiger charge is -2.29. The predicted octanol–water partition coefficient (Wildman–Crippen LogP) is 7.69. The summed E-state index contributed by atoms with van der Waals surface area (Å²) in [6.07, 6.45) is 6.65. The molecule has 0 saturated carbocycles. The van der Waals surface area contributed by atoms with Gasteiger partial charge in [-0.2, -0.15) is 0 Å². The molecule has 0 bridgehead atoms. The number of rotatable bonds is 12. The number of carbonyl (C=O) groups is 4. The Morgan fingerprint density at radius 3 is 2.00 bits per heavy atom. The summed E-state index contributed by atoms with van der Waals surface area (Å²) >= 11 is 0. The number of amides is 2. The molecule has 0 radical (unpaired) electrons. The van der Waals surface area contributed by atoms with E-state index in [1.54, 1.807) is 11.1 Å². The van der Waals surface area contributed by atoms with Crippen LogP contribution in [-0.2, 0) is 28.7 Å². The number of hydrogen-bond acceptors (Lipinski definition) is 8. The van der Waals surface area contributed by atoms with Crippen molar-refractivity contribution in [3.8, 4) is 46.1 Å². The van der Waals surface area contributed by atoms with Crippen molar-refractivity contribution < 1.29 is 28.7 Å². The predicted molar refractivity (Wildman–Crippen MR) is 235 cm³/mol. The molecular formula is C50H52N6O6. The molecule has 0 unspecified atom stereocenters. The highest BCUT2D eigenvalue weighted by Gasteiger charge is 2.39. The van der Waals surface area contributed by atoms with Crippen LogP contribution in [0.25, 0.3) is 22.4 Å². The van der Waals surface area contributed by atoms with Crippen LogP contribution in [0.5, 0.6) is 0 Å². The molecule has 5 aromatic rings. The number of carbonyl (C=O) groups excluding carboxylic acids is 4. The SMILES string of the molecule is COC(=O)C[C@H](C(=O)N1CCC[C@H]1c1ncc(-c2cc(C)c(C#CC#Cc3cnc([C@@H]4CCCN4C(=O)[C@H](CC(=O)OC)c4ccccc4)[nH]3)c(-c3ccccc3)c2)[nH]1)C(C)C. The van der Waals surface area contributed by atoms with Crippen molar-refractivity contribution >= 4 is 23.8 Å². The van der Waals surface area contributed by atoms with Gasteiger partial charge < -0.3 is 29.2 Å². The molecule has 4 heterocycles. The molecule has 2 amide bonds. The van der Waals surface area contributed by atoms with E-state index in [2.05, 4.69) is 62.9 Å². The zero-order valence-electron chi connectivity index (χ0n) is 35.9. The average Bonchev–Trinajstić information content (AvgIpc) is 4.14. The standard InChI is InChI=1S/C50H52N6O6/c1-32(2)39(28-45(57)61-4)49(59)55-24-15-23-44(55)48-52-31-42(54-48)36-26-33(3)38(40(27-36)34-16-8-6-9-17-34)21-13-12-20-37-30-51-47(53-37)43-22-14-25-56(43)50(60)41(29-46(58)62-5)35-18-10-7-11-19-35/h6-11,16-19,26-27,30-32,39,41,43-44H,14-15,22-25,28-29H2,1-5H3,(H,51,53)(H,52,54)/t39-,41+,43-,44-/m0/s1. The second-order valence-electron chi connectivity index (χ2n) is 16.2. The number of esters is 2. The van der Waals surface area contributed by atoms with Crippen molar-refractivity contribution in [3.05, 3.63) is 119 Å². The summed E-state index contributed by atoms with van der Waals surface area (Å²) in [5, 5.41) is 0. The molecular weight excluding hydrogens is 781 g/mol. The zero-order chi connectivity index (χ0) is 43.8. The summed E-state index contributed by atoms with van der Waals surface area (Å²) < 4.78 is 9.83. The Balaban J connectivity index is 1.10. The third-order valence-electron chi connectivity index (χ3n) is 11.9. The average molecular weight is 833 g/mol. The quantitative estimate of drug-likeness (QED) is 0.0960. The Labute approximate surface area is 362 Å². The minimum absolute atomic E-state index is 0.0204. The summed E-state index contributed by atoms with van der Waals surface area (Å²) in [5.74, 6) is 11.7. The monoisotopic (exact) mass is 832 g/mol. The first-order valence-electron chi connectivity index (χ1n) is 21.2. The van der Waals surface area contributed by atoms with Crippen molar-refractivity contribution in [2.75, 3.05) is 27.3 Å². The number of benzene rings is 3. The Bertz CT molecular complexity index is 2540. The lowest BCUT2D eigenvalue weighted by molar-refractivity contribution is -0.148. The number of methoxy groups -OCH3 is 2. The van der Waals surface area contributed by atoms with Crippen molar-refractivity contribution in [2.24, 2.45) is 11.8 Å². The Morgan fingerprint density at radius 2 is 1.34 bits per heavy atom. The molecule has 318 valence electrons. The van der Waals surface area contributed by atoms with Crippen LogP contribution >= 0.6 is 0 Å². The van der Waals surface area contributed by atoms with Gasteiger partial charge in [0.2, 0.25) is 11.8 Å². The van der Waals surface area contributed by atoms with E-state index in [9.17, 15) is 19.2 Å².